The normalized spacial score (nSPS) is 21.7. The highest BCUT2D eigenvalue weighted by atomic mass is 16.7. The first-order valence-corrected chi connectivity index (χ1v) is 22.4. The number of hydrogen-bond acceptors (Lipinski definition) is 8. The third-order valence-electron chi connectivity index (χ3n) is 10.9. The molecule has 0 aromatic carbocycles. The van der Waals surface area contributed by atoms with Gasteiger partial charge in [-0.25, -0.2) is 0 Å². The number of rotatable bonds is 37. The fourth-order valence-electron chi connectivity index (χ4n) is 7.21. The maximum Gasteiger partial charge on any atom is 0.220 e. The van der Waals surface area contributed by atoms with Gasteiger partial charge < -0.3 is 40.3 Å². The summed E-state index contributed by atoms with van der Waals surface area (Å²) in [5.41, 5.74) is 0. The van der Waals surface area contributed by atoms with E-state index in [-0.39, 0.29) is 12.5 Å². The van der Waals surface area contributed by atoms with Gasteiger partial charge in [-0.15, -0.1) is 0 Å². The quantitative estimate of drug-likeness (QED) is 0.0272. The Labute approximate surface area is 325 Å². The highest BCUT2D eigenvalue weighted by Gasteiger charge is 2.44. The van der Waals surface area contributed by atoms with Crippen molar-refractivity contribution in [2.75, 3.05) is 13.2 Å². The Morgan fingerprint density at radius 2 is 1.04 bits per heavy atom. The van der Waals surface area contributed by atoms with E-state index in [9.17, 15) is 30.3 Å². The van der Waals surface area contributed by atoms with Crippen molar-refractivity contribution in [2.24, 2.45) is 0 Å². The molecule has 0 saturated carbocycles. The second-order valence-corrected chi connectivity index (χ2v) is 15.9. The van der Waals surface area contributed by atoms with E-state index in [4.69, 9.17) is 9.47 Å². The van der Waals surface area contributed by atoms with Crippen molar-refractivity contribution in [3.05, 3.63) is 12.2 Å². The molecule has 0 unspecified atom stereocenters. The smallest absolute Gasteiger partial charge is 0.220 e. The van der Waals surface area contributed by atoms with Crippen LogP contribution >= 0.6 is 0 Å². The average Bonchev–Trinajstić information content (AvgIpc) is 3.16. The first-order chi connectivity index (χ1) is 25.8. The summed E-state index contributed by atoms with van der Waals surface area (Å²) in [6.45, 7) is 3.77. The van der Waals surface area contributed by atoms with E-state index in [0.717, 1.165) is 38.5 Å². The first kappa shape index (κ1) is 49.9. The van der Waals surface area contributed by atoms with Crippen molar-refractivity contribution in [3.63, 3.8) is 0 Å². The number of hydrogen-bond donors (Lipinski definition) is 6. The number of nitrogens with one attached hydrogen (secondary N) is 1. The Morgan fingerprint density at radius 3 is 1.47 bits per heavy atom. The number of carbonyl (C=O) groups excluding carboxylic acids is 1. The molecule has 53 heavy (non-hydrogen) atoms. The molecule has 0 aromatic rings. The molecule has 6 N–H and O–H groups in total. The van der Waals surface area contributed by atoms with E-state index >= 15 is 0 Å². The number of allylic oxidation sites excluding steroid dienone is 1. The predicted molar refractivity (Wildman–Crippen MR) is 217 cm³/mol. The fourth-order valence-corrected chi connectivity index (χ4v) is 7.21. The Balaban J connectivity index is 2.35. The summed E-state index contributed by atoms with van der Waals surface area (Å²) < 4.78 is 11.2. The lowest BCUT2D eigenvalue weighted by Crippen LogP contribution is -2.60. The summed E-state index contributed by atoms with van der Waals surface area (Å²) in [6.07, 6.45) is 32.5. The predicted octanol–water partition coefficient (Wildman–Crippen LogP) is 8.95. The van der Waals surface area contributed by atoms with Crippen molar-refractivity contribution in [3.8, 4) is 0 Å². The highest BCUT2D eigenvalue weighted by Crippen LogP contribution is 2.23. The van der Waals surface area contributed by atoms with Crippen LogP contribution in [0.2, 0.25) is 0 Å². The van der Waals surface area contributed by atoms with Gasteiger partial charge in [0.25, 0.3) is 0 Å². The molecular weight excluding hydrogens is 670 g/mol. The second kappa shape index (κ2) is 35.4. The molecule has 1 rings (SSSR count). The van der Waals surface area contributed by atoms with Gasteiger partial charge >= 0.3 is 0 Å². The summed E-state index contributed by atoms with van der Waals surface area (Å²) in [4.78, 5) is 12.9. The van der Waals surface area contributed by atoms with E-state index < -0.39 is 49.5 Å². The molecule has 9 nitrogen and oxygen atoms in total. The molecule has 1 amide bonds. The van der Waals surface area contributed by atoms with Gasteiger partial charge in [0.05, 0.1) is 25.4 Å². The van der Waals surface area contributed by atoms with Crippen LogP contribution in [0.4, 0.5) is 0 Å². The van der Waals surface area contributed by atoms with Crippen LogP contribution in [-0.2, 0) is 14.3 Å². The Hall–Kier alpha value is -1.07. The van der Waals surface area contributed by atoms with E-state index in [1.54, 1.807) is 6.08 Å². The standard InChI is InChI=1S/C44H85NO8/c1-3-5-7-9-11-13-15-17-18-19-20-22-24-26-28-30-32-34-40(48)45-37(36-52-44-43(51)42(50)41(49)39(35-46)53-44)38(47)33-31-29-27-25-23-21-16-14-12-10-8-6-4-2/h31,33,37-39,41-44,46-47,49-51H,3-30,32,34-36H2,1-2H3,(H,45,48)/b33-31+/t37-,38+,39+,41+,42-,43+,44+/m0/s1. The lowest BCUT2D eigenvalue weighted by molar-refractivity contribution is -0.302. The third kappa shape index (κ3) is 26.4. The molecular formula is C44H85NO8. The summed E-state index contributed by atoms with van der Waals surface area (Å²) >= 11 is 0. The lowest BCUT2D eigenvalue weighted by atomic mass is 9.99. The maximum absolute atomic E-state index is 12.9. The number of amides is 1. The van der Waals surface area contributed by atoms with Gasteiger partial charge in [0.15, 0.2) is 6.29 Å². The van der Waals surface area contributed by atoms with E-state index in [1.807, 2.05) is 6.08 Å². The lowest BCUT2D eigenvalue weighted by Gasteiger charge is -2.40. The first-order valence-electron chi connectivity index (χ1n) is 22.4. The molecule has 1 fully saturated rings. The number of carbonyl (C=O) groups is 1. The van der Waals surface area contributed by atoms with Gasteiger partial charge in [-0.3, -0.25) is 4.79 Å². The van der Waals surface area contributed by atoms with Gasteiger partial charge in [-0.2, -0.15) is 0 Å². The SMILES string of the molecule is CCCCCCCCCCCCC/C=C/[C@@H](O)[C@H](CO[C@@H]1O[C@H](CO)[C@@H](O)[C@H](O)[C@H]1O)NC(=O)CCCCCCCCCCCCCCCCCCC. The number of ether oxygens (including phenoxy) is 2. The largest absolute Gasteiger partial charge is 0.394 e. The van der Waals surface area contributed by atoms with Crippen molar-refractivity contribution < 1.29 is 39.8 Å². The van der Waals surface area contributed by atoms with Gasteiger partial charge in [0.2, 0.25) is 5.91 Å². The molecule has 0 spiro atoms. The highest BCUT2D eigenvalue weighted by molar-refractivity contribution is 5.76. The topological polar surface area (TPSA) is 149 Å². The molecule has 1 aliphatic rings. The molecule has 1 aliphatic heterocycles. The minimum absolute atomic E-state index is 0.175. The Morgan fingerprint density at radius 1 is 0.623 bits per heavy atom. The van der Waals surface area contributed by atoms with Crippen molar-refractivity contribution in [2.45, 2.75) is 249 Å². The van der Waals surface area contributed by atoms with Crippen LogP contribution in [-0.4, -0.2) is 87.5 Å². The van der Waals surface area contributed by atoms with Crippen molar-refractivity contribution in [1.82, 2.24) is 5.32 Å². The van der Waals surface area contributed by atoms with Gasteiger partial charge in [0, 0.05) is 6.42 Å². The summed E-state index contributed by atoms with van der Waals surface area (Å²) in [6, 6.07) is -0.797. The Bertz CT molecular complexity index is 842. The van der Waals surface area contributed by atoms with E-state index in [2.05, 4.69) is 19.2 Å². The van der Waals surface area contributed by atoms with E-state index in [1.165, 1.54) is 148 Å². The van der Waals surface area contributed by atoms with Crippen LogP contribution in [0.5, 0.6) is 0 Å². The molecule has 0 bridgehead atoms. The zero-order valence-electron chi connectivity index (χ0n) is 34.3. The third-order valence-corrected chi connectivity index (χ3v) is 10.9. The average molecular weight is 756 g/mol. The fraction of sp³-hybridized carbons (Fsp3) is 0.932. The minimum Gasteiger partial charge on any atom is -0.394 e. The van der Waals surface area contributed by atoms with Crippen LogP contribution in [0.1, 0.15) is 206 Å². The summed E-state index contributed by atoms with van der Waals surface area (Å²) in [7, 11) is 0. The molecule has 1 heterocycles. The summed E-state index contributed by atoms with van der Waals surface area (Å²) in [5, 5.41) is 54.1. The maximum atomic E-state index is 12.9. The van der Waals surface area contributed by atoms with Crippen LogP contribution in [0.3, 0.4) is 0 Å². The zero-order chi connectivity index (χ0) is 38.8. The van der Waals surface area contributed by atoms with Crippen LogP contribution in [0, 0.1) is 0 Å². The Kier molecular flexibility index (Phi) is 33.3. The summed E-state index contributed by atoms with van der Waals surface area (Å²) in [5.74, 6) is -0.175. The van der Waals surface area contributed by atoms with Gasteiger partial charge in [-0.1, -0.05) is 193 Å². The number of aliphatic hydroxyl groups is 5. The molecule has 314 valence electrons. The molecule has 0 aromatic heterocycles. The van der Waals surface area contributed by atoms with Crippen LogP contribution in [0.15, 0.2) is 12.2 Å². The molecule has 0 aliphatic carbocycles. The molecule has 1 saturated heterocycles. The number of unbranched alkanes of at least 4 members (excludes halogenated alkanes) is 27. The molecule has 7 atom stereocenters. The second-order valence-electron chi connectivity index (χ2n) is 15.9. The van der Waals surface area contributed by atoms with Gasteiger partial charge in [0.1, 0.15) is 24.4 Å². The van der Waals surface area contributed by atoms with Crippen molar-refractivity contribution >= 4 is 5.91 Å². The minimum atomic E-state index is -1.56. The van der Waals surface area contributed by atoms with Crippen LogP contribution < -0.4 is 5.32 Å². The monoisotopic (exact) mass is 756 g/mol. The zero-order valence-corrected chi connectivity index (χ0v) is 34.3. The molecule has 0 radical (unpaired) electrons. The molecule has 9 heteroatoms. The van der Waals surface area contributed by atoms with E-state index in [0.29, 0.717) is 6.42 Å². The van der Waals surface area contributed by atoms with Crippen LogP contribution in [0.25, 0.3) is 0 Å². The van der Waals surface area contributed by atoms with Gasteiger partial charge in [-0.05, 0) is 19.3 Å². The van der Waals surface area contributed by atoms with Crippen molar-refractivity contribution in [1.29, 1.82) is 0 Å². The number of aliphatic hydroxyl groups excluding tert-OH is 5.